The van der Waals surface area contributed by atoms with Crippen molar-refractivity contribution in [1.82, 2.24) is 14.3 Å². The summed E-state index contributed by atoms with van der Waals surface area (Å²) in [6.07, 6.45) is 8.77. The summed E-state index contributed by atoms with van der Waals surface area (Å²) in [4.78, 5) is 17.8. The third kappa shape index (κ3) is 3.71. The molecule has 1 aliphatic rings. The molecule has 6 nitrogen and oxygen atoms in total. The van der Waals surface area contributed by atoms with Gasteiger partial charge in [0.05, 0.1) is 19.1 Å². The number of phenols is 1. The predicted molar refractivity (Wildman–Crippen MR) is 107 cm³/mol. The maximum Gasteiger partial charge on any atom is 0.245 e. The van der Waals surface area contributed by atoms with E-state index in [-0.39, 0.29) is 11.7 Å². The number of hydrogen-bond donors (Lipinski definition) is 1. The normalized spacial score (nSPS) is 14.9. The minimum Gasteiger partial charge on any atom is -0.508 e. The largest absolute Gasteiger partial charge is 0.508 e. The average Bonchev–Trinajstić information content (AvgIpc) is 3.21. The first kappa shape index (κ1) is 18.1. The number of benzene rings is 1. The van der Waals surface area contributed by atoms with E-state index in [9.17, 15) is 9.90 Å². The van der Waals surface area contributed by atoms with Crippen LogP contribution in [0.4, 0.5) is 0 Å². The molecule has 0 aliphatic carbocycles. The Bertz CT molecular complexity index is 986. The molecule has 0 spiro atoms. The number of likely N-dealkylation sites (tertiary alicyclic amines) is 1. The van der Waals surface area contributed by atoms with Gasteiger partial charge in [-0.05, 0) is 48.6 Å². The van der Waals surface area contributed by atoms with Crippen molar-refractivity contribution < 1.29 is 14.6 Å². The van der Waals surface area contributed by atoms with Crippen molar-refractivity contribution in [3.8, 4) is 22.6 Å². The summed E-state index contributed by atoms with van der Waals surface area (Å²) < 4.78 is 8.14. The van der Waals surface area contributed by atoms with E-state index in [4.69, 9.17) is 4.74 Å². The smallest absolute Gasteiger partial charge is 0.245 e. The Morgan fingerprint density at radius 1 is 1.25 bits per heavy atom. The molecule has 1 aromatic carbocycles. The maximum atomic E-state index is 11.7. The van der Waals surface area contributed by atoms with Gasteiger partial charge in [-0.3, -0.25) is 4.79 Å². The van der Waals surface area contributed by atoms with Crippen LogP contribution in [0.5, 0.6) is 11.5 Å². The summed E-state index contributed by atoms with van der Waals surface area (Å²) in [5.41, 5.74) is 2.91. The Labute approximate surface area is 163 Å². The number of nitrogens with zero attached hydrogens (tertiary/aromatic N) is 3. The number of aromatic nitrogens is 2. The highest BCUT2D eigenvalue weighted by Gasteiger charge is 2.22. The highest BCUT2D eigenvalue weighted by molar-refractivity contribution is 5.87. The maximum absolute atomic E-state index is 11.7. The summed E-state index contributed by atoms with van der Waals surface area (Å²) in [6.45, 7) is 5.65. The molecule has 0 atom stereocenters. The Balaban J connectivity index is 1.49. The summed E-state index contributed by atoms with van der Waals surface area (Å²) in [7, 11) is 0. The second-order valence-electron chi connectivity index (χ2n) is 7.11. The van der Waals surface area contributed by atoms with Gasteiger partial charge >= 0.3 is 0 Å². The molecule has 0 radical (unpaired) electrons. The highest BCUT2D eigenvalue weighted by Crippen LogP contribution is 2.30. The van der Waals surface area contributed by atoms with E-state index in [0.717, 1.165) is 48.3 Å². The molecular formula is C22H23N3O3. The average molecular weight is 377 g/mol. The van der Waals surface area contributed by atoms with E-state index in [1.54, 1.807) is 24.7 Å². The van der Waals surface area contributed by atoms with E-state index in [2.05, 4.69) is 11.6 Å². The number of piperidine rings is 1. The topological polar surface area (TPSA) is 67.1 Å². The fourth-order valence-electron chi connectivity index (χ4n) is 3.58. The number of rotatable bonds is 5. The molecule has 4 rings (SSSR count). The van der Waals surface area contributed by atoms with Crippen molar-refractivity contribution in [3.63, 3.8) is 0 Å². The first-order valence-corrected chi connectivity index (χ1v) is 9.43. The van der Waals surface area contributed by atoms with Crippen molar-refractivity contribution in [2.24, 2.45) is 5.92 Å². The first-order valence-electron chi connectivity index (χ1n) is 9.43. The molecule has 0 bridgehead atoms. The van der Waals surface area contributed by atoms with Gasteiger partial charge in [0.1, 0.15) is 17.0 Å². The number of pyridine rings is 1. The van der Waals surface area contributed by atoms with Gasteiger partial charge in [-0.1, -0.05) is 18.7 Å². The predicted octanol–water partition coefficient (Wildman–Crippen LogP) is 3.51. The number of carbonyl (C=O) groups is 1. The lowest BCUT2D eigenvalue weighted by molar-refractivity contribution is -0.127. The number of hydrogen-bond acceptors (Lipinski definition) is 4. The summed E-state index contributed by atoms with van der Waals surface area (Å²) in [6, 6.07) is 9.12. The number of phenolic OH excluding ortho intramolecular Hbond substituents is 1. The minimum atomic E-state index is 0.00179. The molecular weight excluding hydrogens is 354 g/mol. The van der Waals surface area contributed by atoms with Gasteiger partial charge in [0.2, 0.25) is 5.91 Å². The third-order valence-corrected chi connectivity index (χ3v) is 5.26. The lowest BCUT2D eigenvalue weighted by Crippen LogP contribution is -2.38. The first-order chi connectivity index (χ1) is 13.6. The van der Waals surface area contributed by atoms with Crippen LogP contribution >= 0.6 is 0 Å². The van der Waals surface area contributed by atoms with Gasteiger partial charge in [-0.25, -0.2) is 4.98 Å². The molecule has 1 N–H and O–H groups in total. The molecule has 1 aliphatic heterocycles. The zero-order valence-corrected chi connectivity index (χ0v) is 15.6. The Hall–Kier alpha value is -3.28. The second kappa shape index (κ2) is 7.76. The van der Waals surface area contributed by atoms with Crippen molar-refractivity contribution >= 4 is 11.4 Å². The van der Waals surface area contributed by atoms with Crippen LogP contribution in [0.25, 0.3) is 16.6 Å². The van der Waals surface area contributed by atoms with Crippen LogP contribution in [-0.4, -0.2) is 45.0 Å². The standard InChI is InChI=1S/C22H23N3O3/c1-2-22(27)24-9-7-16(8-10-24)14-28-21-11-18(13-25-15-23-12-20(21)25)17-3-5-19(26)6-4-17/h2-6,11-13,15-16,26H,1,7-10,14H2. The van der Waals surface area contributed by atoms with Crippen molar-refractivity contribution in [1.29, 1.82) is 0 Å². The Kier molecular flexibility index (Phi) is 5.02. The molecule has 1 saturated heterocycles. The number of fused-ring (bicyclic) bond motifs is 1. The fourth-order valence-corrected chi connectivity index (χ4v) is 3.58. The number of ether oxygens (including phenoxy) is 1. The molecule has 1 amide bonds. The van der Waals surface area contributed by atoms with Gasteiger partial charge < -0.3 is 19.1 Å². The van der Waals surface area contributed by atoms with Crippen LogP contribution in [-0.2, 0) is 4.79 Å². The molecule has 144 valence electrons. The summed E-state index contributed by atoms with van der Waals surface area (Å²) in [5, 5.41) is 9.52. The van der Waals surface area contributed by atoms with Gasteiger partial charge in [0, 0.05) is 24.8 Å². The van der Waals surface area contributed by atoms with Crippen LogP contribution in [0, 0.1) is 5.92 Å². The second-order valence-corrected chi connectivity index (χ2v) is 7.11. The number of carbonyl (C=O) groups excluding carboxylic acids is 1. The van der Waals surface area contributed by atoms with Crippen LogP contribution in [0.2, 0.25) is 0 Å². The van der Waals surface area contributed by atoms with E-state index < -0.39 is 0 Å². The molecule has 0 unspecified atom stereocenters. The fraction of sp³-hybridized carbons (Fsp3) is 0.273. The molecule has 3 aromatic rings. The van der Waals surface area contributed by atoms with Crippen molar-refractivity contribution in [3.05, 3.63) is 61.7 Å². The van der Waals surface area contributed by atoms with Gasteiger partial charge in [0.25, 0.3) is 0 Å². The zero-order valence-electron chi connectivity index (χ0n) is 15.6. The number of amides is 1. The van der Waals surface area contributed by atoms with Gasteiger partial charge in [0.15, 0.2) is 0 Å². The van der Waals surface area contributed by atoms with Crippen LogP contribution in [0.3, 0.4) is 0 Å². The van der Waals surface area contributed by atoms with Crippen LogP contribution in [0.15, 0.2) is 61.7 Å². The third-order valence-electron chi connectivity index (χ3n) is 5.26. The molecule has 3 heterocycles. The van der Waals surface area contributed by atoms with Crippen molar-refractivity contribution in [2.45, 2.75) is 12.8 Å². The SMILES string of the molecule is C=CC(=O)N1CCC(COc2cc(-c3ccc(O)cc3)cn3cncc23)CC1. The molecule has 1 fully saturated rings. The minimum absolute atomic E-state index is 0.00179. The monoisotopic (exact) mass is 377 g/mol. The molecule has 6 heteroatoms. The lowest BCUT2D eigenvalue weighted by atomic mass is 9.98. The zero-order chi connectivity index (χ0) is 19.5. The highest BCUT2D eigenvalue weighted by atomic mass is 16.5. The summed E-state index contributed by atoms with van der Waals surface area (Å²) >= 11 is 0. The molecule has 0 saturated carbocycles. The Morgan fingerprint density at radius 3 is 2.71 bits per heavy atom. The van der Waals surface area contributed by atoms with E-state index in [1.807, 2.05) is 33.7 Å². The van der Waals surface area contributed by atoms with Crippen LogP contribution in [0.1, 0.15) is 12.8 Å². The lowest BCUT2D eigenvalue weighted by Gasteiger charge is -2.31. The van der Waals surface area contributed by atoms with Crippen molar-refractivity contribution in [2.75, 3.05) is 19.7 Å². The van der Waals surface area contributed by atoms with Gasteiger partial charge in [-0.15, -0.1) is 0 Å². The van der Waals surface area contributed by atoms with Gasteiger partial charge in [-0.2, -0.15) is 0 Å². The Morgan fingerprint density at radius 2 is 2.00 bits per heavy atom. The van der Waals surface area contributed by atoms with E-state index in [1.165, 1.54) is 6.08 Å². The quantitative estimate of drug-likeness (QED) is 0.691. The van der Waals surface area contributed by atoms with E-state index >= 15 is 0 Å². The molecule has 2 aromatic heterocycles. The van der Waals surface area contributed by atoms with E-state index in [0.29, 0.717) is 12.5 Å². The number of aromatic hydroxyl groups is 1. The number of imidazole rings is 1. The molecule has 28 heavy (non-hydrogen) atoms. The van der Waals surface area contributed by atoms with Crippen LogP contribution < -0.4 is 4.74 Å². The summed E-state index contributed by atoms with van der Waals surface area (Å²) in [5.74, 6) is 1.44.